The fourth-order valence-electron chi connectivity index (χ4n) is 1.89. The van der Waals surface area contributed by atoms with Gasteiger partial charge in [0.05, 0.1) is 0 Å². The summed E-state index contributed by atoms with van der Waals surface area (Å²) in [5.74, 6) is -0.777. The minimum absolute atomic E-state index is 0.00876. The molecule has 0 radical (unpaired) electrons. The van der Waals surface area contributed by atoms with Crippen LogP contribution in [0.3, 0.4) is 0 Å². The van der Waals surface area contributed by atoms with E-state index < -0.39 is 5.97 Å². The number of carboxylic acids is 1. The summed E-state index contributed by atoms with van der Waals surface area (Å²) in [6.07, 6.45) is 1.59. The second-order valence-electron chi connectivity index (χ2n) is 5.90. The highest BCUT2D eigenvalue weighted by atomic mass is 16.4. The lowest BCUT2D eigenvalue weighted by atomic mass is 9.84. The van der Waals surface area contributed by atoms with Crippen LogP contribution < -0.4 is 10.6 Å². The Hall–Kier alpha value is -1.36. The van der Waals surface area contributed by atoms with E-state index in [2.05, 4.69) is 10.6 Å². The first-order valence-corrected chi connectivity index (χ1v) is 6.71. The highest BCUT2D eigenvalue weighted by molar-refractivity contribution is 5.93. The van der Waals surface area contributed by atoms with Crippen molar-refractivity contribution in [1.29, 1.82) is 0 Å². The molecule has 5 heteroatoms. The molecule has 0 atom stereocenters. The van der Waals surface area contributed by atoms with E-state index in [1.165, 1.54) is 5.57 Å². The van der Waals surface area contributed by atoms with Crippen LogP contribution >= 0.6 is 0 Å². The van der Waals surface area contributed by atoms with Crippen LogP contribution in [0, 0.1) is 5.41 Å². The molecule has 1 aliphatic heterocycles. The van der Waals surface area contributed by atoms with Crippen molar-refractivity contribution >= 4 is 11.9 Å². The molecule has 1 amide bonds. The molecular weight excluding hydrogens is 244 g/mol. The summed E-state index contributed by atoms with van der Waals surface area (Å²) in [6, 6.07) is 0. The summed E-state index contributed by atoms with van der Waals surface area (Å²) < 4.78 is 0. The zero-order valence-electron chi connectivity index (χ0n) is 12.0. The minimum Gasteiger partial charge on any atom is -0.481 e. The molecule has 0 aromatic rings. The standard InChI is InChI=1S/C14H24N2O3/c1-10(11-8-15-9-11)13(19)16-7-6-14(2,3)5-4-12(17)18/h15H,4-9H2,1-3H3,(H,16,19)(H,17,18). The van der Waals surface area contributed by atoms with Crippen molar-refractivity contribution in [2.45, 2.75) is 40.0 Å². The number of hydrogen-bond donors (Lipinski definition) is 3. The second kappa shape index (κ2) is 6.70. The zero-order chi connectivity index (χ0) is 14.5. The monoisotopic (exact) mass is 268 g/mol. The SMILES string of the molecule is CC(C(=O)NCCC(C)(C)CCC(=O)O)=C1CNC1. The molecule has 1 fully saturated rings. The number of aliphatic carboxylic acids is 1. The number of hydrogen-bond acceptors (Lipinski definition) is 3. The zero-order valence-corrected chi connectivity index (χ0v) is 12.0. The number of carbonyl (C=O) groups excluding carboxylic acids is 1. The van der Waals surface area contributed by atoms with Crippen LogP contribution in [0.15, 0.2) is 11.1 Å². The van der Waals surface area contributed by atoms with Crippen molar-refractivity contribution in [2.24, 2.45) is 5.41 Å². The number of nitrogens with one attached hydrogen (secondary N) is 2. The van der Waals surface area contributed by atoms with E-state index in [-0.39, 0.29) is 17.7 Å². The van der Waals surface area contributed by atoms with Crippen LogP contribution in [0.1, 0.15) is 40.0 Å². The minimum atomic E-state index is -0.768. The van der Waals surface area contributed by atoms with E-state index >= 15 is 0 Å². The van der Waals surface area contributed by atoms with Gasteiger partial charge in [-0.2, -0.15) is 0 Å². The number of amides is 1. The second-order valence-corrected chi connectivity index (χ2v) is 5.90. The van der Waals surface area contributed by atoms with Gasteiger partial charge in [0.2, 0.25) is 5.91 Å². The van der Waals surface area contributed by atoms with Crippen LogP contribution in [0.5, 0.6) is 0 Å². The first-order chi connectivity index (χ1) is 8.82. The van der Waals surface area contributed by atoms with Crippen molar-refractivity contribution in [3.8, 4) is 0 Å². The van der Waals surface area contributed by atoms with Crippen molar-refractivity contribution in [1.82, 2.24) is 10.6 Å². The lowest BCUT2D eigenvalue weighted by Crippen LogP contribution is -2.38. The maximum atomic E-state index is 11.8. The van der Waals surface area contributed by atoms with E-state index in [0.717, 1.165) is 25.1 Å². The lowest BCUT2D eigenvalue weighted by Gasteiger charge is -2.25. The number of rotatable bonds is 7. The van der Waals surface area contributed by atoms with Crippen molar-refractivity contribution in [3.05, 3.63) is 11.1 Å². The summed E-state index contributed by atoms with van der Waals surface area (Å²) in [7, 11) is 0. The van der Waals surface area contributed by atoms with Gasteiger partial charge in [0.25, 0.3) is 0 Å². The Morgan fingerprint density at radius 1 is 1.32 bits per heavy atom. The van der Waals surface area contributed by atoms with Gasteiger partial charge in [0.15, 0.2) is 0 Å². The Balaban J connectivity index is 2.29. The van der Waals surface area contributed by atoms with E-state index in [1.807, 2.05) is 20.8 Å². The fraction of sp³-hybridized carbons (Fsp3) is 0.714. The van der Waals surface area contributed by atoms with Gasteiger partial charge in [0, 0.05) is 31.6 Å². The third kappa shape index (κ3) is 5.42. The summed E-state index contributed by atoms with van der Waals surface area (Å²) in [6.45, 7) is 8.11. The van der Waals surface area contributed by atoms with Gasteiger partial charge in [-0.05, 0) is 30.8 Å². The van der Waals surface area contributed by atoms with E-state index in [1.54, 1.807) is 0 Å². The first-order valence-electron chi connectivity index (χ1n) is 6.71. The quantitative estimate of drug-likeness (QED) is 0.608. The van der Waals surface area contributed by atoms with Gasteiger partial charge >= 0.3 is 5.97 Å². The predicted octanol–water partition coefficient (Wildman–Crippen LogP) is 1.30. The highest BCUT2D eigenvalue weighted by Crippen LogP contribution is 2.26. The largest absolute Gasteiger partial charge is 0.481 e. The summed E-state index contributed by atoms with van der Waals surface area (Å²) in [5.41, 5.74) is 1.91. The normalized spacial score (nSPS) is 14.8. The molecule has 1 heterocycles. The van der Waals surface area contributed by atoms with Crippen LogP contribution in [0.2, 0.25) is 0 Å². The Kier molecular flexibility index (Phi) is 5.54. The molecule has 0 aromatic heterocycles. The first kappa shape index (κ1) is 15.7. The molecule has 0 bridgehead atoms. The van der Waals surface area contributed by atoms with E-state index in [9.17, 15) is 9.59 Å². The summed E-state index contributed by atoms with van der Waals surface area (Å²) in [4.78, 5) is 22.4. The van der Waals surface area contributed by atoms with Crippen LogP contribution in [-0.4, -0.2) is 36.6 Å². The summed E-state index contributed by atoms with van der Waals surface area (Å²) in [5, 5.41) is 14.7. The van der Waals surface area contributed by atoms with E-state index in [4.69, 9.17) is 5.11 Å². The molecular formula is C14H24N2O3. The Bertz CT molecular complexity index is 380. The van der Waals surface area contributed by atoms with Gasteiger partial charge < -0.3 is 15.7 Å². The molecule has 19 heavy (non-hydrogen) atoms. The number of carbonyl (C=O) groups is 2. The van der Waals surface area contributed by atoms with Gasteiger partial charge in [0.1, 0.15) is 0 Å². The smallest absolute Gasteiger partial charge is 0.303 e. The molecule has 0 aromatic carbocycles. The molecule has 3 N–H and O–H groups in total. The molecule has 1 aliphatic rings. The molecule has 0 saturated carbocycles. The number of carboxylic acid groups (broad SMARTS) is 1. The van der Waals surface area contributed by atoms with Crippen molar-refractivity contribution < 1.29 is 14.7 Å². The topological polar surface area (TPSA) is 78.4 Å². The van der Waals surface area contributed by atoms with Crippen molar-refractivity contribution in [2.75, 3.05) is 19.6 Å². The average molecular weight is 268 g/mol. The molecule has 0 unspecified atom stereocenters. The van der Waals surface area contributed by atoms with Gasteiger partial charge in [-0.3, -0.25) is 9.59 Å². The van der Waals surface area contributed by atoms with Gasteiger partial charge in [-0.25, -0.2) is 0 Å². The van der Waals surface area contributed by atoms with Gasteiger partial charge in [-0.15, -0.1) is 0 Å². The average Bonchev–Trinajstić information content (AvgIpc) is 2.23. The molecule has 0 spiro atoms. The Morgan fingerprint density at radius 2 is 1.95 bits per heavy atom. The summed E-state index contributed by atoms with van der Waals surface area (Å²) >= 11 is 0. The fourth-order valence-corrected chi connectivity index (χ4v) is 1.89. The van der Waals surface area contributed by atoms with Crippen LogP contribution in [0.4, 0.5) is 0 Å². The molecule has 1 rings (SSSR count). The van der Waals surface area contributed by atoms with Crippen molar-refractivity contribution in [3.63, 3.8) is 0 Å². The van der Waals surface area contributed by atoms with E-state index in [0.29, 0.717) is 13.0 Å². The Morgan fingerprint density at radius 3 is 2.42 bits per heavy atom. The van der Waals surface area contributed by atoms with Gasteiger partial charge in [-0.1, -0.05) is 13.8 Å². The molecule has 1 saturated heterocycles. The van der Waals surface area contributed by atoms with Crippen LogP contribution in [-0.2, 0) is 9.59 Å². The molecule has 108 valence electrons. The lowest BCUT2D eigenvalue weighted by molar-refractivity contribution is -0.137. The third-order valence-corrected chi connectivity index (χ3v) is 3.65. The Labute approximate surface area is 114 Å². The highest BCUT2D eigenvalue weighted by Gasteiger charge is 2.20. The maximum Gasteiger partial charge on any atom is 0.303 e. The predicted molar refractivity (Wildman–Crippen MR) is 73.8 cm³/mol. The third-order valence-electron chi connectivity index (χ3n) is 3.65. The van der Waals surface area contributed by atoms with Crippen LogP contribution in [0.25, 0.3) is 0 Å². The molecule has 5 nitrogen and oxygen atoms in total. The maximum absolute atomic E-state index is 11.8. The molecule has 0 aliphatic carbocycles.